The van der Waals surface area contributed by atoms with Gasteiger partial charge in [0.1, 0.15) is 0 Å². The topological polar surface area (TPSA) is 58.6 Å². The standard InChI is InChI=1S/C7H13F3N2O3S/c1-12(16(13,14)7(8,9)10)5-6-4-11-2-3-15-6/h6,11H,2-5H2,1H3. The summed E-state index contributed by atoms with van der Waals surface area (Å²) in [6.07, 6.45) is -0.545. The number of nitrogens with zero attached hydrogens (tertiary/aromatic N) is 1. The Balaban J connectivity index is 2.61. The van der Waals surface area contributed by atoms with E-state index in [0.29, 0.717) is 19.7 Å². The Labute approximate surface area is 91.6 Å². The zero-order valence-corrected chi connectivity index (χ0v) is 9.44. The number of likely N-dealkylation sites (N-methyl/N-ethyl adjacent to an activating group) is 1. The summed E-state index contributed by atoms with van der Waals surface area (Å²) >= 11 is 0. The van der Waals surface area contributed by atoms with Crippen molar-refractivity contribution in [2.24, 2.45) is 0 Å². The molecule has 1 fully saturated rings. The molecule has 0 bridgehead atoms. The van der Waals surface area contributed by atoms with Crippen LogP contribution < -0.4 is 5.32 Å². The highest BCUT2D eigenvalue weighted by atomic mass is 32.2. The number of alkyl halides is 3. The number of hydrogen-bond donors (Lipinski definition) is 1. The van der Waals surface area contributed by atoms with E-state index in [9.17, 15) is 21.6 Å². The Hall–Kier alpha value is -0.380. The van der Waals surface area contributed by atoms with E-state index < -0.39 is 21.6 Å². The first kappa shape index (κ1) is 13.7. The minimum absolute atomic E-state index is 0.269. The first-order chi connectivity index (χ1) is 7.25. The molecule has 9 heteroatoms. The second kappa shape index (κ2) is 4.86. The molecule has 0 amide bonds. The summed E-state index contributed by atoms with van der Waals surface area (Å²) in [5.41, 5.74) is -5.26. The van der Waals surface area contributed by atoms with Crippen molar-refractivity contribution in [2.45, 2.75) is 11.6 Å². The summed E-state index contributed by atoms with van der Waals surface area (Å²) in [6, 6.07) is 0. The lowest BCUT2D eigenvalue weighted by atomic mass is 10.3. The average Bonchev–Trinajstić information content (AvgIpc) is 2.17. The van der Waals surface area contributed by atoms with Crippen LogP contribution in [-0.2, 0) is 14.8 Å². The fourth-order valence-corrected chi connectivity index (χ4v) is 2.01. The van der Waals surface area contributed by atoms with Crippen LogP contribution in [0.2, 0.25) is 0 Å². The fraction of sp³-hybridized carbons (Fsp3) is 1.00. The van der Waals surface area contributed by atoms with Crippen LogP contribution in [0.5, 0.6) is 0 Å². The van der Waals surface area contributed by atoms with Crippen molar-refractivity contribution in [3.05, 3.63) is 0 Å². The summed E-state index contributed by atoms with van der Waals surface area (Å²) in [5.74, 6) is 0. The van der Waals surface area contributed by atoms with Crippen LogP contribution >= 0.6 is 0 Å². The van der Waals surface area contributed by atoms with E-state index >= 15 is 0 Å². The molecule has 1 aliphatic rings. The number of hydrogen-bond acceptors (Lipinski definition) is 4. The summed E-state index contributed by atoms with van der Waals surface area (Å²) < 4.78 is 63.7. The van der Waals surface area contributed by atoms with Crippen molar-refractivity contribution in [1.82, 2.24) is 9.62 Å². The normalized spacial score (nSPS) is 23.7. The Morgan fingerprint density at radius 2 is 2.12 bits per heavy atom. The maximum absolute atomic E-state index is 12.2. The Morgan fingerprint density at radius 1 is 1.50 bits per heavy atom. The number of halogens is 3. The van der Waals surface area contributed by atoms with Crippen LogP contribution in [0.3, 0.4) is 0 Å². The van der Waals surface area contributed by atoms with E-state index in [4.69, 9.17) is 4.74 Å². The first-order valence-corrected chi connectivity index (χ1v) is 6.04. The smallest absolute Gasteiger partial charge is 0.374 e. The van der Waals surface area contributed by atoms with Gasteiger partial charge in [0.05, 0.1) is 12.7 Å². The highest BCUT2D eigenvalue weighted by Gasteiger charge is 2.49. The Morgan fingerprint density at radius 3 is 2.56 bits per heavy atom. The molecule has 1 heterocycles. The van der Waals surface area contributed by atoms with Crippen molar-refractivity contribution < 1.29 is 26.3 Å². The zero-order valence-electron chi connectivity index (χ0n) is 8.62. The largest absolute Gasteiger partial charge is 0.511 e. The predicted octanol–water partition coefficient (Wildman–Crippen LogP) is -0.244. The number of ether oxygens (including phenoxy) is 1. The number of sulfonamides is 1. The summed E-state index contributed by atoms with van der Waals surface area (Å²) in [7, 11) is -4.36. The molecule has 0 spiro atoms. The molecular formula is C7H13F3N2O3S. The van der Waals surface area contributed by atoms with Gasteiger partial charge in [-0.2, -0.15) is 17.5 Å². The summed E-state index contributed by atoms with van der Waals surface area (Å²) in [6.45, 7) is 1.02. The Bertz CT molecular complexity index is 324. The molecule has 16 heavy (non-hydrogen) atoms. The molecule has 0 aliphatic carbocycles. The maximum atomic E-state index is 12.2. The van der Waals surface area contributed by atoms with Crippen LogP contribution in [0, 0.1) is 0 Å². The molecule has 0 aromatic heterocycles. The lowest BCUT2D eigenvalue weighted by Gasteiger charge is -2.27. The van der Waals surface area contributed by atoms with Crippen LogP contribution in [-0.4, -0.2) is 57.6 Å². The van der Waals surface area contributed by atoms with E-state index in [1.807, 2.05) is 0 Å². The van der Waals surface area contributed by atoms with Crippen LogP contribution in [0.4, 0.5) is 13.2 Å². The number of nitrogens with one attached hydrogen (secondary N) is 1. The zero-order chi connectivity index (χ0) is 12.4. The molecular weight excluding hydrogens is 249 g/mol. The van der Waals surface area contributed by atoms with Gasteiger partial charge in [-0.15, -0.1) is 0 Å². The van der Waals surface area contributed by atoms with Gasteiger partial charge in [0, 0.05) is 26.7 Å². The summed E-state index contributed by atoms with van der Waals surface area (Å²) in [4.78, 5) is 0. The molecule has 1 saturated heterocycles. The van der Waals surface area contributed by atoms with Crippen LogP contribution in [0.15, 0.2) is 0 Å². The lowest BCUT2D eigenvalue weighted by Crippen LogP contribution is -2.48. The van der Waals surface area contributed by atoms with Crippen molar-refractivity contribution >= 4 is 10.0 Å². The first-order valence-electron chi connectivity index (χ1n) is 4.60. The third-order valence-electron chi connectivity index (χ3n) is 2.17. The van der Waals surface area contributed by atoms with Gasteiger partial charge >= 0.3 is 15.5 Å². The second-order valence-corrected chi connectivity index (χ2v) is 5.46. The van der Waals surface area contributed by atoms with Gasteiger partial charge in [-0.25, -0.2) is 8.42 Å². The van der Waals surface area contributed by atoms with Gasteiger partial charge in [-0.3, -0.25) is 0 Å². The monoisotopic (exact) mass is 262 g/mol. The van der Waals surface area contributed by atoms with E-state index in [2.05, 4.69) is 5.32 Å². The molecule has 0 aromatic rings. The molecule has 1 atom stereocenters. The van der Waals surface area contributed by atoms with Gasteiger partial charge in [0.2, 0.25) is 0 Å². The highest BCUT2D eigenvalue weighted by molar-refractivity contribution is 7.89. The molecule has 1 unspecified atom stereocenters. The van der Waals surface area contributed by atoms with Crippen molar-refractivity contribution in [1.29, 1.82) is 0 Å². The van der Waals surface area contributed by atoms with E-state index in [-0.39, 0.29) is 10.8 Å². The molecule has 1 N–H and O–H groups in total. The quantitative estimate of drug-likeness (QED) is 0.762. The molecule has 96 valence electrons. The van der Waals surface area contributed by atoms with Crippen molar-refractivity contribution in [3.8, 4) is 0 Å². The molecule has 5 nitrogen and oxygen atoms in total. The van der Waals surface area contributed by atoms with Crippen LogP contribution in [0.1, 0.15) is 0 Å². The second-order valence-electron chi connectivity index (χ2n) is 3.43. The minimum Gasteiger partial charge on any atom is -0.374 e. The SMILES string of the molecule is CN(CC1CNCCO1)S(=O)(=O)C(F)(F)F. The van der Waals surface area contributed by atoms with E-state index in [0.717, 1.165) is 7.05 Å². The van der Waals surface area contributed by atoms with Crippen molar-refractivity contribution in [3.63, 3.8) is 0 Å². The number of rotatable bonds is 3. The van der Waals surface area contributed by atoms with Crippen LogP contribution in [0.25, 0.3) is 0 Å². The van der Waals surface area contributed by atoms with E-state index in [1.165, 1.54) is 0 Å². The molecule has 0 aromatic carbocycles. The fourth-order valence-electron chi connectivity index (χ4n) is 1.30. The van der Waals surface area contributed by atoms with E-state index in [1.54, 1.807) is 0 Å². The predicted molar refractivity (Wildman–Crippen MR) is 50.2 cm³/mol. The highest BCUT2D eigenvalue weighted by Crippen LogP contribution is 2.26. The maximum Gasteiger partial charge on any atom is 0.511 e. The molecule has 1 aliphatic heterocycles. The third kappa shape index (κ3) is 3.06. The third-order valence-corrected chi connectivity index (χ3v) is 3.72. The average molecular weight is 262 g/mol. The minimum atomic E-state index is -5.26. The van der Waals surface area contributed by atoms with Gasteiger partial charge in [-0.05, 0) is 0 Å². The van der Waals surface area contributed by atoms with Gasteiger partial charge in [0.15, 0.2) is 0 Å². The molecule has 0 saturated carbocycles. The summed E-state index contributed by atoms with van der Waals surface area (Å²) in [5, 5.41) is 2.90. The Kier molecular flexibility index (Phi) is 4.16. The lowest BCUT2D eigenvalue weighted by molar-refractivity contribution is -0.0502. The number of morpholine rings is 1. The van der Waals surface area contributed by atoms with Gasteiger partial charge in [-0.1, -0.05) is 0 Å². The van der Waals surface area contributed by atoms with Gasteiger partial charge < -0.3 is 10.1 Å². The van der Waals surface area contributed by atoms with Gasteiger partial charge in [0.25, 0.3) is 0 Å². The van der Waals surface area contributed by atoms with Crippen molar-refractivity contribution in [2.75, 3.05) is 33.3 Å². The molecule has 0 radical (unpaired) electrons. The molecule has 1 rings (SSSR count).